The molecule has 0 rings (SSSR count). The first-order valence-electron chi connectivity index (χ1n) is 1.92. The summed E-state index contributed by atoms with van der Waals surface area (Å²) in [5, 5.41) is 0. The monoisotopic (exact) mass is 139 g/mol. The predicted octanol–water partition coefficient (Wildman–Crippen LogP) is 0.480. The Morgan fingerprint density at radius 3 is 1.71 bits per heavy atom. The van der Waals surface area contributed by atoms with Crippen molar-refractivity contribution >= 4 is 18.2 Å². The van der Waals surface area contributed by atoms with Crippen molar-refractivity contribution in [3.05, 3.63) is 0 Å². The fraction of sp³-hybridized carbons (Fsp3) is 1.00. The van der Waals surface area contributed by atoms with E-state index in [4.69, 9.17) is 16.7 Å². The number of hydrogen-bond donors (Lipinski definition) is 1. The molecule has 0 amide bonds. The molecule has 0 heterocycles. The minimum atomic E-state index is -2.07. The number of hydrogen-bond acceptors (Lipinski definition) is 1. The highest BCUT2D eigenvalue weighted by molar-refractivity contribution is 8.10. The molecule has 7 heavy (non-hydrogen) atoms. The first kappa shape index (κ1) is 7.57. The van der Waals surface area contributed by atoms with Crippen LogP contribution in [-0.2, 0) is 11.8 Å². The van der Waals surface area contributed by atoms with Crippen molar-refractivity contribution in [2.45, 2.75) is 0 Å². The van der Waals surface area contributed by atoms with E-state index in [1.165, 1.54) is 0 Å². The molecule has 2 nitrogen and oxygen atoms in total. The van der Waals surface area contributed by atoms with E-state index >= 15 is 0 Å². The van der Waals surface area contributed by atoms with Gasteiger partial charge < -0.3 is 4.89 Å². The van der Waals surface area contributed by atoms with Gasteiger partial charge in [-0.1, -0.05) is 11.8 Å². The standard InChI is InChI=1S/C3H10NOPS/c1-4(2)6(3,5)7/h1-3H3,(H,5,7). The first-order chi connectivity index (χ1) is 2.94. The average molecular weight is 139 g/mol. The molecule has 0 aromatic heterocycles. The Hall–Kier alpha value is 0.570. The van der Waals surface area contributed by atoms with Gasteiger partial charge in [-0.05, 0) is 14.1 Å². The third-order valence-electron chi connectivity index (χ3n) is 0.742. The van der Waals surface area contributed by atoms with Crippen LogP contribution in [-0.4, -0.2) is 30.3 Å². The van der Waals surface area contributed by atoms with Crippen molar-refractivity contribution in [3.8, 4) is 0 Å². The Bertz CT molecular complexity index is 97.1. The van der Waals surface area contributed by atoms with Crippen molar-refractivity contribution < 1.29 is 4.89 Å². The molecule has 0 aliphatic rings. The fourth-order valence-electron chi connectivity index (χ4n) is 0. The molecule has 4 heteroatoms. The van der Waals surface area contributed by atoms with Crippen LogP contribution >= 0.6 is 6.42 Å². The van der Waals surface area contributed by atoms with Crippen molar-refractivity contribution in [2.75, 3.05) is 20.8 Å². The third kappa shape index (κ3) is 3.18. The lowest BCUT2D eigenvalue weighted by Gasteiger charge is -2.16. The van der Waals surface area contributed by atoms with Crippen LogP contribution in [0.2, 0.25) is 0 Å². The summed E-state index contributed by atoms with van der Waals surface area (Å²) in [5.74, 6) is 0. The fourth-order valence-corrected chi connectivity index (χ4v) is 0. The van der Waals surface area contributed by atoms with Gasteiger partial charge in [0.05, 0.1) is 0 Å². The maximum absolute atomic E-state index is 8.95. The maximum Gasteiger partial charge on any atom is 0.125 e. The minimum Gasteiger partial charge on any atom is -0.354 e. The van der Waals surface area contributed by atoms with Gasteiger partial charge in [0.15, 0.2) is 0 Å². The summed E-state index contributed by atoms with van der Waals surface area (Å²) in [7, 11) is 3.56. The lowest BCUT2D eigenvalue weighted by atomic mass is 11.3. The molecule has 1 atom stereocenters. The predicted molar refractivity (Wildman–Crippen MR) is 36.1 cm³/mol. The lowest BCUT2D eigenvalue weighted by molar-refractivity contribution is 0.532. The van der Waals surface area contributed by atoms with Gasteiger partial charge in [0.25, 0.3) is 0 Å². The van der Waals surface area contributed by atoms with E-state index in [1.807, 2.05) is 0 Å². The average Bonchev–Trinajstić information content (AvgIpc) is 1.31. The summed E-state index contributed by atoms with van der Waals surface area (Å²) in [6, 6.07) is 0. The van der Waals surface area contributed by atoms with E-state index in [-0.39, 0.29) is 0 Å². The van der Waals surface area contributed by atoms with Crippen molar-refractivity contribution in [3.63, 3.8) is 0 Å². The van der Waals surface area contributed by atoms with Gasteiger partial charge in [-0.25, -0.2) is 0 Å². The van der Waals surface area contributed by atoms with Gasteiger partial charge in [0.2, 0.25) is 0 Å². The minimum absolute atomic E-state index is 1.67. The Balaban J connectivity index is 3.80. The van der Waals surface area contributed by atoms with Crippen LogP contribution in [0.25, 0.3) is 0 Å². The van der Waals surface area contributed by atoms with Crippen LogP contribution < -0.4 is 0 Å². The van der Waals surface area contributed by atoms with E-state index in [0.717, 1.165) is 0 Å². The highest BCUT2D eigenvalue weighted by Crippen LogP contribution is 2.37. The molecule has 1 N–H and O–H groups in total. The summed E-state index contributed by atoms with van der Waals surface area (Å²) in [4.78, 5) is 8.95. The number of rotatable bonds is 1. The summed E-state index contributed by atoms with van der Waals surface area (Å²) >= 11 is 4.70. The number of nitrogens with zero attached hydrogens (tertiary/aromatic N) is 1. The van der Waals surface area contributed by atoms with Crippen LogP contribution in [0.1, 0.15) is 0 Å². The zero-order valence-corrected chi connectivity index (χ0v) is 6.46. The molecular weight excluding hydrogens is 129 g/mol. The van der Waals surface area contributed by atoms with E-state index in [1.54, 1.807) is 25.4 Å². The van der Waals surface area contributed by atoms with Gasteiger partial charge >= 0.3 is 0 Å². The first-order valence-corrected chi connectivity index (χ1v) is 5.08. The Morgan fingerprint density at radius 1 is 1.57 bits per heavy atom. The molecular formula is C3H10NOPS. The highest BCUT2D eigenvalue weighted by Gasteiger charge is 2.04. The van der Waals surface area contributed by atoms with Crippen LogP contribution in [0.4, 0.5) is 0 Å². The van der Waals surface area contributed by atoms with Crippen molar-refractivity contribution in [1.29, 1.82) is 0 Å². The molecule has 44 valence electrons. The van der Waals surface area contributed by atoms with Crippen LogP contribution in [0.3, 0.4) is 0 Å². The largest absolute Gasteiger partial charge is 0.354 e. The molecule has 0 aliphatic heterocycles. The molecule has 1 unspecified atom stereocenters. The molecule has 0 saturated heterocycles. The zero-order chi connectivity index (χ0) is 6.08. The quantitative estimate of drug-likeness (QED) is 0.534. The third-order valence-corrected chi connectivity index (χ3v) is 3.21. The topological polar surface area (TPSA) is 23.5 Å². The van der Waals surface area contributed by atoms with E-state index in [2.05, 4.69) is 0 Å². The normalized spacial score (nSPS) is 19.6. The second kappa shape index (κ2) is 2.23. The van der Waals surface area contributed by atoms with Gasteiger partial charge in [-0.2, -0.15) is 0 Å². The summed E-state index contributed by atoms with van der Waals surface area (Å²) < 4.78 is 1.67. The van der Waals surface area contributed by atoms with Crippen molar-refractivity contribution in [2.24, 2.45) is 0 Å². The molecule has 0 fully saturated rings. The summed E-state index contributed by atoms with van der Waals surface area (Å²) in [6.07, 6.45) is -2.07. The summed E-state index contributed by atoms with van der Waals surface area (Å²) in [6.45, 7) is 1.67. The SMILES string of the molecule is CN(C)P(C)(O)=S. The zero-order valence-electron chi connectivity index (χ0n) is 4.75. The Labute approximate surface area is 49.3 Å². The molecule has 0 radical (unpaired) electrons. The Kier molecular flexibility index (Phi) is 2.41. The van der Waals surface area contributed by atoms with Crippen molar-refractivity contribution in [1.82, 2.24) is 4.67 Å². The van der Waals surface area contributed by atoms with Crippen LogP contribution in [0, 0.1) is 0 Å². The molecule has 0 aromatic carbocycles. The van der Waals surface area contributed by atoms with Crippen LogP contribution in [0.5, 0.6) is 0 Å². The Morgan fingerprint density at radius 2 is 1.71 bits per heavy atom. The second-order valence-electron chi connectivity index (χ2n) is 1.68. The molecule has 0 aliphatic carbocycles. The van der Waals surface area contributed by atoms with Gasteiger partial charge in [-0.15, -0.1) is 0 Å². The smallest absolute Gasteiger partial charge is 0.125 e. The second-order valence-corrected chi connectivity index (χ2v) is 6.23. The van der Waals surface area contributed by atoms with Gasteiger partial charge in [0.1, 0.15) is 6.42 Å². The van der Waals surface area contributed by atoms with E-state index in [9.17, 15) is 0 Å². The molecule has 0 spiro atoms. The molecule has 0 bridgehead atoms. The molecule has 0 saturated carbocycles. The van der Waals surface area contributed by atoms with Crippen LogP contribution in [0.15, 0.2) is 0 Å². The maximum atomic E-state index is 8.95. The van der Waals surface area contributed by atoms with E-state index < -0.39 is 6.42 Å². The van der Waals surface area contributed by atoms with Gasteiger partial charge in [0, 0.05) is 6.66 Å². The lowest BCUT2D eigenvalue weighted by Crippen LogP contribution is -2.05. The highest BCUT2D eigenvalue weighted by atomic mass is 32.4. The van der Waals surface area contributed by atoms with E-state index in [0.29, 0.717) is 0 Å². The molecule has 0 aromatic rings. The van der Waals surface area contributed by atoms with Gasteiger partial charge in [-0.3, -0.25) is 4.67 Å². The summed E-state index contributed by atoms with van der Waals surface area (Å²) in [5.41, 5.74) is 0.